The van der Waals surface area contributed by atoms with Crippen molar-refractivity contribution in [3.63, 3.8) is 0 Å². The van der Waals surface area contributed by atoms with Gasteiger partial charge in [0.25, 0.3) is 5.91 Å². The number of aromatic nitrogens is 1. The maximum Gasteiger partial charge on any atom is 0.260 e. The number of ether oxygens (including phenoxy) is 1. The van der Waals surface area contributed by atoms with Gasteiger partial charge < -0.3 is 15.8 Å². The molecule has 0 aromatic carbocycles. The van der Waals surface area contributed by atoms with Crippen LogP contribution in [0.3, 0.4) is 0 Å². The van der Waals surface area contributed by atoms with Gasteiger partial charge in [0.15, 0.2) is 6.10 Å². The molecule has 82 valence electrons. The quantitative estimate of drug-likeness (QED) is 0.734. The third-order valence-corrected chi connectivity index (χ3v) is 1.94. The Balaban J connectivity index is 2.60. The summed E-state index contributed by atoms with van der Waals surface area (Å²) in [5.41, 5.74) is 6.19. The van der Waals surface area contributed by atoms with Gasteiger partial charge in [-0.05, 0) is 19.1 Å². The van der Waals surface area contributed by atoms with E-state index in [4.69, 9.17) is 10.5 Å². The second-order valence-corrected chi connectivity index (χ2v) is 3.06. The number of pyridine rings is 1. The molecule has 0 fully saturated rings. The Labute approximate surface area is 88.6 Å². The smallest absolute Gasteiger partial charge is 0.260 e. The Morgan fingerprint density at radius 2 is 2.40 bits per heavy atom. The van der Waals surface area contributed by atoms with Crippen LogP contribution in [0.4, 0.5) is 0 Å². The summed E-state index contributed by atoms with van der Waals surface area (Å²) in [6.45, 7) is 2.07. The van der Waals surface area contributed by atoms with Crippen LogP contribution in [0, 0.1) is 0 Å². The summed E-state index contributed by atoms with van der Waals surface area (Å²) < 4.78 is 5.35. The van der Waals surface area contributed by atoms with Gasteiger partial charge in [-0.25, -0.2) is 0 Å². The van der Waals surface area contributed by atoms with Gasteiger partial charge >= 0.3 is 0 Å². The number of amides is 1. The van der Waals surface area contributed by atoms with Crippen molar-refractivity contribution in [2.24, 2.45) is 5.73 Å². The van der Waals surface area contributed by atoms with Crippen molar-refractivity contribution in [2.75, 3.05) is 7.05 Å². The molecule has 0 saturated carbocycles. The number of rotatable bonds is 4. The zero-order chi connectivity index (χ0) is 11.3. The van der Waals surface area contributed by atoms with Gasteiger partial charge in [0.05, 0.1) is 11.9 Å². The summed E-state index contributed by atoms with van der Waals surface area (Å²) in [6, 6.07) is 3.51. The van der Waals surface area contributed by atoms with Crippen molar-refractivity contribution in [1.29, 1.82) is 0 Å². The molecule has 0 aliphatic rings. The van der Waals surface area contributed by atoms with Crippen molar-refractivity contribution in [2.45, 2.75) is 19.6 Å². The van der Waals surface area contributed by atoms with E-state index in [2.05, 4.69) is 10.3 Å². The number of hydrogen-bond acceptors (Lipinski definition) is 4. The van der Waals surface area contributed by atoms with E-state index in [0.717, 1.165) is 5.69 Å². The number of carbonyl (C=O) groups is 1. The highest BCUT2D eigenvalue weighted by Gasteiger charge is 2.12. The molecule has 1 unspecified atom stereocenters. The van der Waals surface area contributed by atoms with Gasteiger partial charge in [0.2, 0.25) is 0 Å². The number of nitrogens with one attached hydrogen (secondary N) is 1. The lowest BCUT2D eigenvalue weighted by molar-refractivity contribution is -0.126. The average Bonchev–Trinajstić information content (AvgIpc) is 2.29. The molecule has 5 nitrogen and oxygen atoms in total. The third-order valence-electron chi connectivity index (χ3n) is 1.94. The Morgan fingerprint density at radius 1 is 1.67 bits per heavy atom. The first kappa shape index (κ1) is 11.5. The Bertz CT molecular complexity index is 324. The van der Waals surface area contributed by atoms with E-state index < -0.39 is 6.10 Å². The van der Waals surface area contributed by atoms with Gasteiger partial charge in [-0.15, -0.1) is 0 Å². The molecule has 15 heavy (non-hydrogen) atoms. The first-order valence-electron chi connectivity index (χ1n) is 4.70. The van der Waals surface area contributed by atoms with Crippen molar-refractivity contribution >= 4 is 5.91 Å². The molecular formula is C10H15N3O2. The highest BCUT2D eigenvalue weighted by Crippen LogP contribution is 2.10. The molecule has 1 amide bonds. The molecule has 1 atom stereocenters. The molecule has 0 aliphatic heterocycles. The SMILES string of the molecule is CNC(=O)C(C)Oc1ccc(CN)nc1. The molecule has 0 spiro atoms. The molecular weight excluding hydrogens is 194 g/mol. The van der Waals surface area contributed by atoms with Gasteiger partial charge in [0.1, 0.15) is 5.75 Å². The Kier molecular flexibility index (Phi) is 4.05. The zero-order valence-corrected chi connectivity index (χ0v) is 8.86. The van der Waals surface area contributed by atoms with Crippen LogP contribution >= 0.6 is 0 Å². The summed E-state index contributed by atoms with van der Waals surface area (Å²) >= 11 is 0. The summed E-state index contributed by atoms with van der Waals surface area (Å²) in [5, 5.41) is 2.50. The Morgan fingerprint density at radius 3 is 2.87 bits per heavy atom. The molecule has 1 aromatic heterocycles. The molecule has 3 N–H and O–H groups in total. The minimum atomic E-state index is -0.527. The predicted octanol–water partition coefficient (Wildman–Crippen LogP) is 0.0536. The van der Waals surface area contributed by atoms with E-state index in [0.29, 0.717) is 12.3 Å². The maximum atomic E-state index is 11.2. The van der Waals surface area contributed by atoms with Crippen LogP contribution < -0.4 is 15.8 Å². The normalized spacial score (nSPS) is 11.9. The Hall–Kier alpha value is -1.62. The van der Waals surface area contributed by atoms with Crippen LogP contribution in [0.1, 0.15) is 12.6 Å². The fraction of sp³-hybridized carbons (Fsp3) is 0.400. The van der Waals surface area contributed by atoms with Crippen molar-refractivity contribution in [1.82, 2.24) is 10.3 Å². The van der Waals surface area contributed by atoms with Gasteiger partial charge in [0, 0.05) is 13.6 Å². The van der Waals surface area contributed by atoms with Crippen LogP contribution in [0.15, 0.2) is 18.3 Å². The summed E-state index contributed by atoms with van der Waals surface area (Å²) in [7, 11) is 1.57. The van der Waals surface area contributed by atoms with E-state index in [1.807, 2.05) is 0 Å². The highest BCUT2D eigenvalue weighted by molar-refractivity contribution is 5.80. The van der Waals surface area contributed by atoms with Crippen LogP contribution in [0.2, 0.25) is 0 Å². The first-order valence-corrected chi connectivity index (χ1v) is 4.70. The number of hydrogen-bond donors (Lipinski definition) is 2. The molecule has 1 heterocycles. The maximum absolute atomic E-state index is 11.2. The third kappa shape index (κ3) is 3.21. The van der Waals surface area contributed by atoms with Crippen LogP contribution in [0.5, 0.6) is 5.75 Å². The van der Waals surface area contributed by atoms with Crippen molar-refractivity contribution < 1.29 is 9.53 Å². The average molecular weight is 209 g/mol. The topological polar surface area (TPSA) is 77.2 Å². The van der Waals surface area contributed by atoms with Gasteiger partial charge in [-0.1, -0.05) is 0 Å². The largest absolute Gasteiger partial charge is 0.479 e. The fourth-order valence-corrected chi connectivity index (χ4v) is 1.06. The van der Waals surface area contributed by atoms with Gasteiger partial charge in [-0.3, -0.25) is 9.78 Å². The standard InChI is InChI=1S/C10H15N3O2/c1-7(10(14)12-2)15-9-4-3-8(5-11)13-6-9/h3-4,6-7H,5,11H2,1-2H3,(H,12,14). The first-order chi connectivity index (χ1) is 7.17. The molecule has 1 rings (SSSR count). The molecule has 0 bridgehead atoms. The van der Waals surface area contributed by atoms with E-state index in [-0.39, 0.29) is 5.91 Å². The number of carbonyl (C=O) groups excluding carboxylic acids is 1. The number of nitrogens with two attached hydrogens (primary N) is 1. The van der Waals surface area contributed by atoms with Crippen molar-refractivity contribution in [3.05, 3.63) is 24.0 Å². The summed E-state index contributed by atoms with van der Waals surface area (Å²) in [4.78, 5) is 15.2. The molecule has 1 aromatic rings. The summed E-state index contributed by atoms with van der Waals surface area (Å²) in [6.07, 6.45) is 1.03. The van der Waals surface area contributed by atoms with E-state index in [1.165, 1.54) is 0 Å². The van der Waals surface area contributed by atoms with E-state index in [1.54, 1.807) is 32.3 Å². The zero-order valence-electron chi connectivity index (χ0n) is 8.86. The second-order valence-electron chi connectivity index (χ2n) is 3.06. The lowest BCUT2D eigenvalue weighted by Gasteiger charge is -2.12. The molecule has 0 radical (unpaired) electrons. The highest BCUT2D eigenvalue weighted by atomic mass is 16.5. The van der Waals surface area contributed by atoms with Crippen LogP contribution in [0.25, 0.3) is 0 Å². The lowest BCUT2D eigenvalue weighted by Crippen LogP contribution is -2.33. The monoisotopic (exact) mass is 209 g/mol. The van der Waals surface area contributed by atoms with Crippen LogP contribution in [-0.2, 0) is 11.3 Å². The van der Waals surface area contributed by atoms with Crippen molar-refractivity contribution in [3.8, 4) is 5.75 Å². The lowest BCUT2D eigenvalue weighted by atomic mass is 10.3. The van der Waals surface area contributed by atoms with E-state index in [9.17, 15) is 4.79 Å². The number of nitrogens with zero attached hydrogens (tertiary/aromatic N) is 1. The molecule has 5 heteroatoms. The fourth-order valence-electron chi connectivity index (χ4n) is 1.06. The van der Waals surface area contributed by atoms with Gasteiger partial charge in [-0.2, -0.15) is 0 Å². The molecule has 0 aliphatic carbocycles. The second kappa shape index (κ2) is 5.31. The summed E-state index contributed by atoms with van der Waals surface area (Å²) in [5.74, 6) is 0.390. The minimum absolute atomic E-state index is 0.169. The van der Waals surface area contributed by atoms with E-state index >= 15 is 0 Å². The van der Waals surface area contributed by atoms with Crippen LogP contribution in [-0.4, -0.2) is 24.0 Å². The predicted molar refractivity (Wildman–Crippen MR) is 56.3 cm³/mol. The minimum Gasteiger partial charge on any atom is -0.479 e. The number of likely N-dealkylation sites (N-methyl/N-ethyl adjacent to an activating group) is 1. The molecule has 0 saturated heterocycles.